The first kappa shape index (κ1) is 23.9. The number of esters is 2. The number of hydrogen-bond donors (Lipinski definition) is 0. The Morgan fingerprint density at radius 3 is 1.61 bits per heavy atom. The standard InChI is InChI=1S/C27H25FO5/c1-19(29)16-24(22-12-14-23(28)15-13-22)25(26(30)32-17-20-8-4-2-5-9-20)27(31)33-18-21-10-6-3-7-11-21/h2-15,24-25H,16-18H2,1H3/t24-/m0/s1. The van der Waals surface area contributed by atoms with Gasteiger partial charge in [-0.2, -0.15) is 0 Å². The van der Waals surface area contributed by atoms with E-state index in [9.17, 15) is 18.8 Å². The number of ketones is 1. The van der Waals surface area contributed by atoms with Crippen molar-refractivity contribution in [2.45, 2.75) is 32.5 Å². The van der Waals surface area contributed by atoms with Crippen LogP contribution in [0.25, 0.3) is 0 Å². The molecule has 0 fully saturated rings. The highest BCUT2D eigenvalue weighted by molar-refractivity contribution is 5.97. The van der Waals surface area contributed by atoms with Crippen LogP contribution >= 0.6 is 0 Å². The summed E-state index contributed by atoms with van der Waals surface area (Å²) in [5.41, 5.74) is 1.99. The second kappa shape index (κ2) is 11.7. The summed E-state index contributed by atoms with van der Waals surface area (Å²) in [5.74, 6) is -4.52. The van der Waals surface area contributed by atoms with Gasteiger partial charge in [0.15, 0.2) is 5.92 Å². The fourth-order valence-electron chi connectivity index (χ4n) is 3.51. The second-order valence-corrected chi connectivity index (χ2v) is 7.73. The van der Waals surface area contributed by atoms with Crippen LogP contribution < -0.4 is 0 Å². The molecule has 0 aliphatic carbocycles. The van der Waals surface area contributed by atoms with Gasteiger partial charge in [0, 0.05) is 12.3 Å². The first-order valence-electron chi connectivity index (χ1n) is 10.6. The summed E-state index contributed by atoms with van der Waals surface area (Å²) in [7, 11) is 0. The van der Waals surface area contributed by atoms with Gasteiger partial charge in [-0.1, -0.05) is 72.8 Å². The van der Waals surface area contributed by atoms with Crippen LogP contribution in [0.1, 0.15) is 36.0 Å². The molecule has 0 aromatic heterocycles. The van der Waals surface area contributed by atoms with E-state index in [1.807, 2.05) is 36.4 Å². The topological polar surface area (TPSA) is 69.7 Å². The summed E-state index contributed by atoms with van der Waals surface area (Å²) in [6.07, 6.45) is -0.100. The molecule has 0 aliphatic rings. The maximum atomic E-state index is 13.5. The van der Waals surface area contributed by atoms with Crippen molar-refractivity contribution < 1.29 is 28.2 Å². The quantitative estimate of drug-likeness (QED) is 0.323. The number of hydrogen-bond acceptors (Lipinski definition) is 5. The lowest BCUT2D eigenvalue weighted by atomic mass is 9.82. The Hall–Kier alpha value is -3.80. The molecular weight excluding hydrogens is 423 g/mol. The van der Waals surface area contributed by atoms with Gasteiger partial charge in [0.1, 0.15) is 24.8 Å². The molecule has 3 aromatic rings. The Morgan fingerprint density at radius 2 is 1.18 bits per heavy atom. The van der Waals surface area contributed by atoms with Crippen LogP contribution in [0, 0.1) is 11.7 Å². The van der Waals surface area contributed by atoms with Crippen molar-refractivity contribution >= 4 is 17.7 Å². The Kier molecular flexibility index (Phi) is 8.47. The highest BCUT2D eigenvalue weighted by Gasteiger charge is 2.39. The summed E-state index contributed by atoms with van der Waals surface area (Å²) >= 11 is 0. The van der Waals surface area contributed by atoms with E-state index < -0.39 is 29.6 Å². The van der Waals surface area contributed by atoms with Crippen LogP contribution in [-0.4, -0.2) is 17.7 Å². The normalized spacial score (nSPS) is 11.6. The molecule has 0 saturated carbocycles. The van der Waals surface area contributed by atoms with E-state index in [1.165, 1.54) is 31.2 Å². The highest BCUT2D eigenvalue weighted by Crippen LogP contribution is 2.31. The smallest absolute Gasteiger partial charge is 0.321 e. The fraction of sp³-hybridized carbons (Fsp3) is 0.222. The molecule has 3 aromatic carbocycles. The minimum atomic E-state index is -1.38. The average molecular weight is 448 g/mol. The molecule has 5 nitrogen and oxygen atoms in total. The summed E-state index contributed by atoms with van der Waals surface area (Å²) in [4.78, 5) is 38.3. The number of halogens is 1. The summed E-state index contributed by atoms with van der Waals surface area (Å²) < 4.78 is 24.4. The molecule has 170 valence electrons. The molecule has 6 heteroatoms. The number of carbonyl (C=O) groups is 3. The van der Waals surface area contributed by atoms with Crippen LogP contribution in [0.4, 0.5) is 4.39 Å². The van der Waals surface area contributed by atoms with Gasteiger partial charge in [-0.05, 0) is 35.7 Å². The third kappa shape index (κ3) is 7.10. The molecule has 33 heavy (non-hydrogen) atoms. The molecule has 0 heterocycles. The zero-order valence-corrected chi connectivity index (χ0v) is 18.3. The Labute approximate surface area is 192 Å². The van der Waals surface area contributed by atoms with Gasteiger partial charge in [0.25, 0.3) is 0 Å². The lowest BCUT2D eigenvalue weighted by Crippen LogP contribution is -2.34. The second-order valence-electron chi connectivity index (χ2n) is 7.73. The van der Waals surface area contributed by atoms with Crippen molar-refractivity contribution in [1.29, 1.82) is 0 Å². The zero-order chi connectivity index (χ0) is 23.6. The molecule has 0 bridgehead atoms. The maximum Gasteiger partial charge on any atom is 0.321 e. The van der Waals surface area contributed by atoms with Crippen LogP contribution in [0.3, 0.4) is 0 Å². The molecule has 0 N–H and O–H groups in total. The van der Waals surface area contributed by atoms with Gasteiger partial charge in [-0.25, -0.2) is 4.39 Å². The summed E-state index contributed by atoms with van der Waals surface area (Å²) in [6.45, 7) is 1.31. The number of carbonyl (C=O) groups excluding carboxylic acids is 3. The van der Waals surface area contributed by atoms with Gasteiger partial charge < -0.3 is 14.3 Å². The average Bonchev–Trinajstić information content (AvgIpc) is 2.82. The molecule has 0 spiro atoms. The van der Waals surface area contributed by atoms with E-state index in [4.69, 9.17) is 9.47 Å². The van der Waals surface area contributed by atoms with Gasteiger partial charge in [0.05, 0.1) is 0 Å². The molecule has 0 unspecified atom stereocenters. The number of ether oxygens (including phenoxy) is 2. The van der Waals surface area contributed by atoms with Crippen LogP contribution in [0.5, 0.6) is 0 Å². The molecule has 0 saturated heterocycles. The van der Waals surface area contributed by atoms with Crippen molar-refractivity contribution in [1.82, 2.24) is 0 Å². The minimum absolute atomic E-state index is 0.0294. The van der Waals surface area contributed by atoms with Crippen LogP contribution in [0.15, 0.2) is 84.9 Å². The van der Waals surface area contributed by atoms with Crippen LogP contribution in [-0.2, 0) is 37.1 Å². The molecule has 0 aliphatic heterocycles. The Bertz CT molecular complexity index is 1010. The van der Waals surface area contributed by atoms with Gasteiger partial charge in [0.2, 0.25) is 0 Å². The van der Waals surface area contributed by atoms with E-state index in [-0.39, 0.29) is 25.4 Å². The lowest BCUT2D eigenvalue weighted by molar-refractivity contribution is -0.165. The van der Waals surface area contributed by atoms with Crippen molar-refractivity contribution in [3.05, 3.63) is 107 Å². The highest BCUT2D eigenvalue weighted by atomic mass is 19.1. The summed E-state index contributed by atoms with van der Waals surface area (Å²) in [5, 5.41) is 0. The third-order valence-electron chi connectivity index (χ3n) is 5.16. The van der Waals surface area contributed by atoms with Crippen molar-refractivity contribution in [2.75, 3.05) is 0 Å². The van der Waals surface area contributed by atoms with E-state index in [1.54, 1.807) is 24.3 Å². The number of Topliss-reactive ketones (excluding diaryl/α,β-unsaturated/α-hetero) is 1. The van der Waals surface area contributed by atoms with Gasteiger partial charge in [-0.3, -0.25) is 9.59 Å². The number of rotatable bonds is 10. The maximum absolute atomic E-state index is 13.5. The summed E-state index contributed by atoms with van der Waals surface area (Å²) in [6, 6.07) is 23.5. The SMILES string of the molecule is CC(=O)C[C@@H](c1ccc(F)cc1)C(C(=O)OCc1ccccc1)C(=O)OCc1ccccc1. The van der Waals surface area contributed by atoms with Crippen LogP contribution in [0.2, 0.25) is 0 Å². The molecule has 1 atom stereocenters. The third-order valence-corrected chi connectivity index (χ3v) is 5.16. The van der Waals surface area contributed by atoms with E-state index in [2.05, 4.69) is 0 Å². The molecular formula is C27H25FO5. The Morgan fingerprint density at radius 1 is 0.727 bits per heavy atom. The van der Waals surface area contributed by atoms with E-state index in [0.717, 1.165) is 11.1 Å². The van der Waals surface area contributed by atoms with Crippen molar-refractivity contribution in [3.8, 4) is 0 Å². The number of benzene rings is 3. The fourth-order valence-corrected chi connectivity index (χ4v) is 3.51. The first-order valence-corrected chi connectivity index (χ1v) is 10.6. The largest absolute Gasteiger partial charge is 0.460 e. The van der Waals surface area contributed by atoms with Gasteiger partial charge >= 0.3 is 11.9 Å². The lowest BCUT2D eigenvalue weighted by Gasteiger charge is -2.24. The predicted molar refractivity (Wildman–Crippen MR) is 120 cm³/mol. The van der Waals surface area contributed by atoms with Crippen molar-refractivity contribution in [3.63, 3.8) is 0 Å². The Balaban J connectivity index is 1.86. The molecule has 0 amide bonds. The molecule has 3 rings (SSSR count). The monoisotopic (exact) mass is 448 g/mol. The van der Waals surface area contributed by atoms with Crippen molar-refractivity contribution in [2.24, 2.45) is 5.92 Å². The molecule has 0 radical (unpaired) electrons. The van der Waals surface area contributed by atoms with Gasteiger partial charge in [-0.15, -0.1) is 0 Å². The predicted octanol–water partition coefficient (Wildman–Crippen LogP) is 4.99. The van der Waals surface area contributed by atoms with E-state index >= 15 is 0 Å². The zero-order valence-electron chi connectivity index (χ0n) is 18.3. The van der Waals surface area contributed by atoms with E-state index in [0.29, 0.717) is 5.56 Å². The first-order chi connectivity index (χ1) is 15.9. The minimum Gasteiger partial charge on any atom is -0.460 e.